The van der Waals surface area contributed by atoms with E-state index < -0.39 is 35.9 Å². The molecule has 1 aromatic rings. The molecule has 1 aromatic carbocycles. The highest BCUT2D eigenvalue weighted by Crippen LogP contribution is 2.12. The lowest BCUT2D eigenvalue weighted by Crippen LogP contribution is -2.45. The molecule has 1 rings (SSSR count). The van der Waals surface area contributed by atoms with Gasteiger partial charge in [0.15, 0.2) is 0 Å². The summed E-state index contributed by atoms with van der Waals surface area (Å²) in [5.74, 6) is -3.12. The summed E-state index contributed by atoms with van der Waals surface area (Å²) >= 11 is 0. The number of hydrogen-bond donors (Lipinski definition) is 2. The van der Waals surface area contributed by atoms with E-state index >= 15 is 0 Å². The molecule has 0 radical (unpaired) electrons. The van der Waals surface area contributed by atoms with E-state index in [2.05, 4.69) is 5.32 Å². The normalized spacial score (nSPS) is 11.5. The van der Waals surface area contributed by atoms with Crippen LogP contribution in [0.1, 0.15) is 24.8 Å². The fraction of sp³-hybridized carbons (Fsp3) is 0.357. The van der Waals surface area contributed by atoms with Gasteiger partial charge in [-0.3, -0.25) is 9.59 Å². The average Bonchev–Trinajstić information content (AvgIpc) is 2.42. The summed E-state index contributed by atoms with van der Waals surface area (Å²) < 4.78 is 26.8. The maximum absolute atomic E-state index is 13.4. The van der Waals surface area contributed by atoms with Gasteiger partial charge in [-0.25, -0.2) is 8.78 Å². The Bertz CT molecular complexity index is 550. The molecule has 2 amide bonds. The number of nitrogens with two attached hydrogens (primary N) is 1. The predicted octanol–water partition coefficient (Wildman–Crippen LogP) is 1.17. The first-order chi connectivity index (χ1) is 9.95. The van der Waals surface area contributed by atoms with Crippen LogP contribution in [0.25, 0.3) is 0 Å². The molecule has 0 aliphatic carbocycles. The van der Waals surface area contributed by atoms with Gasteiger partial charge in [0.1, 0.15) is 17.7 Å². The fourth-order valence-corrected chi connectivity index (χ4v) is 1.78. The van der Waals surface area contributed by atoms with Gasteiger partial charge < -0.3 is 11.1 Å². The number of nitrogens with one attached hydrogen (secondary N) is 1. The third-order valence-electron chi connectivity index (χ3n) is 2.86. The van der Waals surface area contributed by atoms with E-state index in [4.69, 9.17) is 11.0 Å². The molecule has 112 valence electrons. The molecular formula is C14H15F2N3O2. The van der Waals surface area contributed by atoms with Crippen molar-refractivity contribution in [1.29, 1.82) is 5.26 Å². The molecule has 0 spiro atoms. The Morgan fingerprint density at radius 3 is 2.48 bits per heavy atom. The lowest BCUT2D eigenvalue weighted by molar-refractivity contribution is -0.127. The van der Waals surface area contributed by atoms with Crippen LogP contribution in [0.15, 0.2) is 18.2 Å². The van der Waals surface area contributed by atoms with E-state index in [1.807, 2.05) is 6.07 Å². The number of benzene rings is 1. The summed E-state index contributed by atoms with van der Waals surface area (Å²) in [6.07, 6.45) is 0.287. The van der Waals surface area contributed by atoms with Crippen molar-refractivity contribution < 1.29 is 18.4 Å². The fourth-order valence-electron chi connectivity index (χ4n) is 1.78. The second-order valence-corrected chi connectivity index (χ2v) is 4.45. The first-order valence-corrected chi connectivity index (χ1v) is 6.34. The Kier molecular flexibility index (Phi) is 6.27. The Hall–Kier alpha value is -2.49. The third-order valence-corrected chi connectivity index (χ3v) is 2.86. The van der Waals surface area contributed by atoms with Crippen LogP contribution >= 0.6 is 0 Å². The molecule has 0 unspecified atom stereocenters. The highest BCUT2D eigenvalue weighted by molar-refractivity contribution is 5.87. The van der Waals surface area contributed by atoms with E-state index in [0.717, 1.165) is 12.1 Å². The molecule has 7 heteroatoms. The minimum atomic E-state index is -0.958. The lowest BCUT2D eigenvalue weighted by Gasteiger charge is -2.15. The molecule has 0 aliphatic heterocycles. The number of carbonyl (C=O) groups is 2. The minimum Gasteiger partial charge on any atom is -0.368 e. The van der Waals surface area contributed by atoms with Gasteiger partial charge in [-0.05, 0) is 25.0 Å². The summed E-state index contributed by atoms with van der Waals surface area (Å²) in [6.45, 7) is 0. The van der Waals surface area contributed by atoms with Crippen molar-refractivity contribution in [1.82, 2.24) is 5.32 Å². The van der Waals surface area contributed by atoms with Crippen LogP contribution in [0.5, 0.6) is 0 Å². The second-order valence-electron chi connectivity index (χ2n) is 4.45. The van der Waals surface area contributed by atoms with Crippen molar-refractivity contribution in [2.75, 3.05) is 0 Å². The quantitative estimate of drug-likeness (QED) is 0.739. The minimum absolute atomic E-state index is 0.203. The zero-order valence-electron chi connectivity index (χ0n) is 11.2. The number of amides is 2. The van der Waals surface area contributed by atoms with Crippen molar-refractivity contribution in [3.63, 3.8) is 0 Å². The maximum Gasteiger partial charge on any atom is 0.240 e. The SMILES string of the molecule is N#CCCC[C@@H](NC(=O)Cc1c(F)cccc1F)C(N)=O. The molecule has 5 nitrogen and oxygen atoms in total. The molecule has 21 heavy (non-hydrogen) atoms. The van der Waals surface area contributed by atoms with E-state index in [-0.39, 0.29) is 18.4 Å². The van der Waals surface area contributed by atoms with Crippen LogP contribution < -0.4 is 11.1 Å². The molecule has 0 aromatic heterocycles. The van der Waals surface area contributed by atoms with E-state index in [1.54, 1.807) is 0 Å². The first-order valence-electron chi connectivity index (χ1n) is 6.34. The molecule has 0 bridgehead atoms. The zero-order chi connectivity index (χ0) is 15.8. The number of nitriles is 1. The van der Waals surface area contributed by atoms with Crippen LogP contribution in [0.4, 0.5) is 8.78 Å². The van der Waals surface area contributed by atoms with Gasteiger partial charge in [0, 0.05) is 12.0 Å². The molecule has 3 N–H and O–H groups in total. The van der Waals surface area contributed by atoms with Crippen molar-refractivity contribution in [3.8, 4) is 6.07 Å². The number of halogens is 2. The number of rotatable bonds is 7. The number of nitrogens with zero attached hydrogens (tertiary/aromatic N) is 1. The van der Waals surface area contributed by atoms with Crippen LogP contribution in [0, 0.1) is 23.0 Å². The summed E-state index contributed by atoms with van der Waals surface area (Å²) in [5.41, 5.74) is 4.77. The van der Waals surface area contributed by atoms with Gasteiger partial charge in [0.2, 0.25) is 11.8 Å². The van der Waals surface area contributed by atoms with Crippen LogP contribution in [0.2, 0.25) is 0 Å². The van der Waals surface area contributed by atoms with Crippen molar-refractivity contribution in [2.45, 2.75) is 31.7 Å². The second kappa shape index (κ2) is 7.94. The summed E-state index contributed by atoms with van der Waals surface area (Å²) in [4.78, 5) is 22.9. The molecule has 1 atom stereocenters. The Labute approximate surface area is 120 Å². The van der Waals surface area contributed by atoms with Crippen LogP contribution in [-0.2, 0) is 16.0 Å². The number of primary amides is 1. The Balaban J connectivity index is 2.66. The number of unbranched alkanes of at least 4 members (excludes halogenated alkanes) is 1. The van der Waals surface area contributed by atoms with Crippen molar-refractivity contribution in [3.05, 3.63) is 35.4 Å². The van der Waals surface area contributed by atoms with Gasteiger partial charge in [-0.1, -0.05) is 6.07 Å². The molecule has 0 heterocycles. The van der Waals surface area contributed by atoms with Crippen molar-refractivity contribution >= 4 is 11.8 Å². The highest BCUT2D eigenvalue weighted by Gasteiger charge is 2.19. The molecule has 0 saturated heterocycles. The Morgan fingerprint density at radius 2 is 1.95 bits per heavy atom. The van der Waals surface area contributed by atoms with Gasteiger partial charge in [0.05, 0.1) is 12.5 Å². The van der Waals surface area contributed by atoms with Gasteiger partial charge in [-0.15, -0.1) is 0 Å². The maximum atomic E-state index is 13.4. The van der Waals surface area contributed by atoms with Gasteiger partial charge in [-0.2, -0.15) is 5.26 Å². The summed E-state index contributed by atoms with van der Waals surface area (Å²) in [6, 6.07) is 4.23. The topological polar surface area (TPSA) is 96.0 Å². The predicted molar refractivity (Wildman–Crippen MR) is 70.7 cm³/mol. The van der Waals surface area contributed by atoms with Crippen LogP contribution in [0.3, 0.4) is 0 Å². The van der Waals surface area contributed by atoms with Crippen LogP contribution in [-0.4, -0.2) is 17.9 Å². The van der Waals surface area contributed by atoms with E-state index in [0.29, 0.717) is 6.42 Å². The molecule has 0 fully saturated rings. The molecule has 0 saturated carbocycles. The average molecular weight is 295 g/mol. The summed E-state index contributed by atoms with van der Waals surface area (Å²) in [7, 11) is 0. The summed E-state index contributed by atoms with van der Waals surface area (Å²) in [5, 5.41) is 10.7. The lowest BCUT2D eigenvalue weighted by atomic mass is 10.1. The van der Waals surface area contributed by atoms with Crippen molar-refractivity contribution in [2.24, 2.45) is 5.73 Å². The van der Waals surface area contributed by atoms with Gasteiger partial charge in [0.25, 0.3) is 0 Å². The third kappa shape index (κ3) is 5.18. The first kappa shape index (κ1) is 16.6. The van der Waals surface area contributed by atoms with Gasteiger partial charge >= 0.3 is 0 Å². The molecular weight excluding hydrogens is 280 g/mol. The molecule has 0 aliphatic rings. The largest absolute Gasteiger partial charge is 0.368 e. The number of hydrogen-bond acceptors (Lipinski definition) is 3. The smallest absolute Gasteiger partial charge is 0.240 e. The monoisotopic (exact) mass is 295 g/mol. The van der Waals surface area contributed by atoms with E-state index in [9.17, 15) is 18.4 Å². The standard InChI is InChI=1S/C14H15F2N3O2/c15-10-4-3-5-11(16)9(10)8-13(20)19-12(14(18)21)6-1-2-7-17/h3-5,12H,1-2,6,8H2,(H2,18,21)(H,19,20)/t12-/m1/s1. The highest BCUT2D eigenvalue weighted by atomic mass is 19.1. The Morgan fingerprint density at radius 1 is 1.33 bits per heavy atom. The van der Waals surface area contributed by atoms with E-state index in [1.165, 1.54) is 6.07 Å². The number of carbonyl (C=O) groups excluding carboxylic acids is 2. The zero-order valence-corrected chi connectivity index (χ0v) is 11.2.